The maximum atomic E-state index is 5.27. The standard InChI is InChI=1S/C8H14O/c1-2-3-5-8-6-4-7-9-8/h4,7-8H,2-3,5-6H2,1H3. The number of rotatable bonds is 3. The second-order valence-electron chi connectivity index (χ2n) is 2.51. The van der Waals surface area contributed by atoms with Crippen LogP contribution in [-0.2, 0) is 4.74 Å². The summed E-state index contributed by atoms with van der Waals surface area (Å²) in [5, 5.41) is 0. The van der Waals surface area contributed by atoms with Crippen LogP contribution in [0.3, 0.4) is 0 Å². The van der Waals surface area contributed by atoms with Crippen LogP contribution in [0.25, 0.3) is 0 Å². The number of ether oxygens (including phenoxy) is 1. The summed E-state index contributed by atoms with van der Waals surface area (Å²) < 4.78 is 5.27. The lowest BCUT2D eigenvalue weighted by atomic mass is 10.1. The van der Waals surface area contributed by atoms with Crippen molar-refractivity contribution >= 4 is 0 Å². The average molecular weight is 126 g/mol. The molecule has 0 saturated carbocycles. The molecule has 0 radical (unpaired) electrons. The van der Waals surface area contributed by atoms with Crippen molar-refractivity contribution in [2.45, 2.75) is 38.7 Å². The molecule has 52 valence electrons. The fourth-order valence-corrected chi connectivity index (χ4v) is 1.05. The first kappa shape index (κ1) is 6.66. The Morgan fingerprint density at radius 2 is 2.56 bits per heavy atom. The van der Waals surface area contributed by atoms with E-state index < -0.39 is 0 Å². The first-order valence-electron chi connectivity index (χ1n) is 3.74. The Bertz CT molecular complexity index is 88.7. The Labute approximate surface area is 56.7 Å². The molecular formula is C8H14O. The van der Waals surface area contributed by atoms with Crippen molar-refractivity contribution in [3.05, 3.63) is 12.3 Å². The third-order valence-corrected chi connectivity index (χ3v) is 1.65. The lowest BCUT2D eigenvalue weighted by molar-refractivity contribution is 0.158. The zero-order valence-corrected chi connectivity index (χ0v) is 5.97. The molecule has 1 unspecified atom stereocenters. The predicted molar refractivity (Wildman–Crippen MR) is 38.2 cm³/mol. The summed E-state index contributed by atoms with van der Waals surface area (Å²) in [5.41, 5.74) is 0. The van der Waals surface area contributed by atoms with E-state index >= 15 is 0 Å². The number of hydrogen-bond donors (Lipinski definition) is 0. The Balaban J connectivity index is 2.01. The smallest absolute Gasteiger partial charge is 0.101 e. The first-order chi connectivity index (χ1) is 4.43. The van der Waals surface area contributed by atoms with Crippen molar-refractivity contribution in [2.24, 2.45) is 0 Å². The highest BCUT2D eigenvalue weighted by Crippen LogP contribution is 2.14. The van der Waals surface area contributed by atoms with Gasteiger partial charge in [0.05, 0.1) is 6.26 Å². The predicted octanol–water partition coefficient (Wildman–Crippen LogP) is 2.48. The van der Waals surface area contributed by atoms with E-state index in [4.69, 9.17) is 4.74 Å². The van der Waals surface area contributed by atoms with Gasteiger partial charge in [-0.2, -0.15) is 0 Å². The Morgan fingerprint density at radius 1 is 1.67 bits per heavy atom. The van der Waals surface area contributed by atoms with Crippen LogP contribution < -0.4 is 0 Å². The highest BCUT2D eigenvalue weighted by atomic mass is 16.5. The molecule has 0 bridgehead atoms. The highest BCUT2D eigenvalue weighted by molar-refractivity contribution is 4.85. The number of unbranched alkanes of at least 4 members (excludes halogenated alkanes) is 1. The van der Waals surface area contributed by atoms with Crippen molar-refractivity contribution in [1.82, 2.24) is 0 Å². The van der Waals surface area contributed by atoms with Gasteiger partial charge in [-0.05, 0) is 12.5 Å². The van der Waals surface area contributed by atoms with Gasteiger partial charge in [0.1, 0.15) is 6.10 Å². The van der Waals surface area contributed by atoms with Crippen LogP contribution in [0, 0.1) is 0 Å². The second kappa shape index (κ2) is 3.54. The summed E-state index contributed by atoms with van der Waals surface area (Å²) in [5.74, 6) is 0. The fourth-order valence-electron chi connectivity index (χ4n) is 1.05. The third-order valence-electron chi connectivity index (χ3n) is 1.65. The largest absolute Gasteiger partial charge is 0.498 e. The molecule has 1 aliphatic heterocycles. The minimum Gasteiger partial charge on any atom is -0.498 e. The van der Waals surface area contributed by atoms with Gasteiger partial charge in [-0.25, -0.2) is 0 Å². The van der Waals surface area contributed by atoms with Gasteiger partial charge in [0.25, 0.3) is 0 Å². The van der Waals surface area contributed by atoms with Crippen LogP contribution >= 0.6 is 0 Å². The van der Waals surface area contributed by atoms with E-state index in [1.54, 1.807) is 0 Å². The van der Waals surface area contributed by atoms with Gasteiger partial charge in [-0.3, -0.25) is 0 Å². The van der Waals surface area contributed by atoms with Crippen molar-refractivity contribution in [3.63, 3.8) is 0 Å². The van der Waals surface area contributed by atoms with E-state index in [0.29, 0.717) is 6.10 Å². The van der Waals surface area contributed by atoms with Gasteiger partial charge < -0.3 is 4.74 Å². The molecule has 0 amide bonds. The molecule has 0 fully saturated rings. The molecule has 0 aromatic heterocycles. The van der Waals surface area contributed by atoms with E-state index in [-0.39, 0.29) is 0 Å². The van der Waals surface area contributed by atoms with Crippen LogP contribution in [0.2, 0.25) is 0 Å². The summed E-state index contributed by atoms with van der Waals surface area (Å²) >= 11 is 0. The molecule has 1 aliphatic rings. The van der Waals surface area contributed by atoms with E-state index in [1.807, 2.05) is 6.26 Å². The van der Waals surface area contributed by atoms with Crippen molar-refractivity contribution in [2.75, 3.05) is 0 Å². The maximum absolute atomic E-state index is 5.27. The molecule has 0 aromatic carbocycles. The van der Waals surface area contributed by atoms with Crippen molar-refractivity contribution in [3.8, 4) is 0 Å². The summed E-state index contributed by atoms with van der Waals surface area (Å²) in [4.78, 5) is 0. The van der Waals surface area contributed by atoms with Crippen LogP contribution in [-0.4, -0.2) is 6.10 Å². The summed E-state index contributed by atoms with van der Waals surface area (Å²) in [6.45, 7) is 2.21. The maximum Gasteiger partial charge on any atom is 0.101 e. The monoisotopic (exact) mass is 126 g/mol. The molecule has 1 heteroatoms. The lowest BCUT2D eigenvalue weighted by Gasteiger charge is -2.07. The normalized spacial score (nSPS) is 24.3. The minimum absolute atomic E-state index is 0.505. The molecule has 0 aliphatic carbocycles. The van der Waals surface area contributed by atoms with Gasteiger partial charge in [-0.15, -0.1) is 0 Å². The Hall–Kier alpha value is -0.460. The van der Waals surface area contributed by atoms with Gasteiger partial charge in [0.2, 0.25) is 0 Å². The first-order valence-corrected chi connectivity index (χ1v) is 3.74. The molecule has 1 rings (SSSR count). The summed E-state index contributed by atoms with van der Waals surface area (Å²) in [6.07, 6.45) is 9.35. The topological polar surface area (TPSA) is 9.23 Å². The van der Waals surface area contributed by atoms with Gasteiger partial charge in [0, 0.05) is 6.42 Å². The summed E-state index contributed by atoms with van der Waals surface area (Å²) in [6, 6.07) is 0. The van der Waals surface area contributed by atoms with E-state index in [0.717, 1.165) is 6.42 Å². The fraction of sp³-hybridized carbons (Fsp3) is 0.750. The zero-order valence-electron chi connectivity index (χ0n) is 5.97. The lowest BCUT2D eigenvalue weighted by Crippen LogP contribution is -2.02. The molecule has 0 aromatic rings. The Kier molecular flexibility index (Phi) is 2.62. The van der Waals surface area contributed by atoms with Crippen LogP contribution in [0.1, 0.15) is 32.6 Å². The van der Waals surface area contributed by atoms with Gasteiger partial charge in [0.15, 0.2) is 0 Å². The molecule has 9 heavy (non-hydrogen) atoms. The summed E-state index contributed by atoms with van der Waals surface area (Å²) in [7, 11) is 0. The van der Waals surface area contributed by atoms with Crippen molar-refractivity contribution < 1.29 is 4.74 Å². The second-order valence-corrected chi connectivity index (χ2v) is 2.51. The molecule has 1 atom stereocenters. The molecule has 1 nitrogen and oxygen atoms in total. The quantitative estimate of drug-likeness (QED) is 0.564. The SMILES string of the molecule is CCCCC1CC=CO1. The van der Waals surface area contributed by atoms with E-state index in [9.17, 15) is 0 Å². The molecule has 0 N–H and O–H groups in total. The molecule has 0 spiro atoms. The van der Waals surface area contributed by atoms with Gasteiger partial charge in [-0.1, -0.05) is 19.8 Å². The van der Waals surface area contributed by atoms with E-state index in [1.165, 1.54) is 19.3 Å². The highest BCUT2D eigenvalue weighted by Gasteiger charge is 2.08. The van der Waals surface area contributed by atoms with Crippen LogP contribution in [0.4, 0.5) is 0 Å². The van der Waals surface area contributed by atoms with Crippen LogP contribution in [0.5, 0.6) is 0 Å². The Morgan fingerprint density at radius 3 is 3.11 bits per heavy atom. The average Bonchev–Trinajstić information content (AvgIpc) is 2.34. The van der Waals surface area contributed by atoms with Crippen LogP contribution in [0.15, 0.2) is 12.3 Å². The molecular weight excluding hydrogens is 112 g/mol. The van der Waals surface area contributed by atoms with E-state index in [2.05, 4.69) is 13.0 Å². The minimum atomic E-state index is 0.505. The van der Waals surface area contributed by atoms with Crippen molar-refractivity contribution in [1.29, 1.82) is 0 Å². The molecule has 1 heterocycles. The number of hydrogen-bond acceptors (Lipinski definition) is 1. The zero-order chi connectivity index (χ0) is 6.53. The third kappa shape index (κ3) is 2.08. The molecule has 0 saturated heterocycles. The van der Waals surface area contributed by atoms with Gasteiger partial charge >= 0.3 is 0 Å².